The van der Waals surface area contributed by atoms with E-state index in [4.69, 9.17) is 4.74 Å². The molecule has 1 aliphatic carbocycles. The summed E-state index contributed by atoms with van der Waals surface area (Å²) in [5.74, 6) is 0.240. The lowest BCUT2D eigenvalue weighted by Crippen LogP contribution is -2.41. The highest BCUT2D eigenvalue weighted by Gasteiger charge is 2.27. The number of aliphatic hydroxyl groups excluding tert-OH is 1. The molecule has 1 aliphatic heterocycles. The molecular weight excluding hydrogens is 256 g/mol. The lowest BCUT2D eigenvalue weighted by atomic mass is 10.1. The third-order valence-electron chi connectivity index (χ3n) is 4.25. The van der Waals surface area contributed by atoms with Gasteiger partial charge in [0.15, 0.2) is 0 Å². The van der Waals surface area contributed by atoms with E-state index in [1.54, 1.807) is 11.9 Å². The van der Waals surface area contributed by atoms with Gasteiger partial charge in [0.25, 0.3) is 0 Å². The highest BCUT2D eigenvalue weighted by atomic mass is 16.5. The molecule has 1 heterocycles. The maximum atomic E-state index is 12.0. The molecule has 2 atom stereocenters. The Kier molecular flexibility index (Phi) is 5.86. The molecule has 0 aromatic rings. The van der Waals surface area contributed by atoms with Crippen molar-refractivity contribution in [1.82, 2.24) is 10.2 Å². The lowest BCUT2D eigenvalue weighted by Gasteiger charge is -2.23. The number of rotatable bonds is 5. The van der Waals surface area contributed by atoms with Crippen LogP contribution in [-0.4, -0.2) is 55.5 Å². The summed E-state index contributed by atoms with van der Waals surface area (Å²) in [5.41, 5.74) is 1.37. The smallest absolute Gasteiger partial charge is 0.317 e. The molecule has 2 amide bonds. The minimum absolute atomic E-state index is 0.0447. The summed E-state index contributed by atoms with van der Waals surface area (Å²) in [6.07, 6.45) is 6.70. The zero-order chi connectivity index (χ0) is 14.4. The molecule has 0 aromatic carbocycles. The fourth-order valence-electron chi connectivity index (χ4n) is 2.92. The van der Waals surface area contributed by atoms with Crippen LogP contribution in [0.25, 0.3) is 0 Å². The van der Waals surface area contributed by atoms with E-state index in [9.17, 15) is 9.90 Å². The number of amides is 2. The average molecular weight is 282 g/mol. The number of urea groups is 1. The summed E-state index contributed by atoms with van der Waals surface area (Å²) in [7, 11) is 1.80. The molecular formula is C15H26N2O3. The first-order valence-electron chi connectivity index (χ1n) is 7.59. The Bertz CT molecular complexity index is 357. The van der Waals surface area contributed by atoms with Crippen LogP contribution in [-0.2, 0) is 4.74 Å². The highest BCUT2D eigenvalue weighted by molar-refractivity contribution is 5.73. The number of hydrogen-bond donors (Lipinski definition) is 2. The molecule has 0 bridgehead atoms. The Hall–Kier alpha value is -1.07. The first-order chi connectivity index (χ1) is 9.66. The van der Waals surface area contributed by atoms with Crippen molar-refractivity contribution in [3.8, 4) is 0 Å². The molecule has 5 nitrogen and oxygen atoms in total. The van der Waals surface area contributed by atoms with Crippen molar-refractivity contribution in [2.45, 2.75) is 38.2 Å². The van der Waals surface area contributed by atoms with E-state index in [-0.39, 0.29) is 18.1 Å². The number of nitrogens with zero attached hydrogens (tertiary/aromatic N) is 1. The number of carbonyl (C=O) groups excluding carboxylic acids is 1. The molecule has 0 spiro atoms. The van der Waals surface area contributed by atoms with Crippen molar-refractivity contribution >= 4 is 6.03 Å². The summed E-state index contributed by atoms with van der Waals surface area (Å²) >= 11 is 0. The quantitative estimate of drug-likeness (QED) is 0.752. The maximum Gasteiger partial charge on any atom is 0.317 e. The van der Waals surface area contributed by atoms with Crippen LogP contribution < -0.4 is 5.32 Å². The van der Waals surface area contributed by atoms with Crippen molar-refractivity contribution in [2.24, 2.45) is 5.92 Å². The van der Waals surface area contributed by atoms with Crippen LogP contribution in [0, 0.1) is 5.92 Å². The summed E-state index contributed by atoms with van der Waals surface area (Å²) in [4.78, 5) is 13.7. The fourth-order valence-corrected chi connectivity index (χ4v) is 2.92. The molecule has 1 fully saturated rings. The highest BCUT2D eigenvalue weighted by Crippen LogP contribution is 2.25. The summed E-state index contributed by atoms with van der Waals surface area (Å²) < 4.78 is 5.25. The van der Waals surface area contributed by atoms with E-state index in [0.29, 0.717) is 19.7 Å². The minimum Gasteiger partial charge on any atom is -0.393 e. The maximum absolute atomic E-state index is 12.0. The number of hydrogen-bond acceptors (Lipinski definition) is 3. The predicted molar refractivity (Wildman–Crippen MR) is 77.5 cm³/mol. The zero-order valence-corrected chi connectivity index (χ0v) is 12.3. The molecule has 2 unspecified atom stereocenters. The van der Waals surface area contributed by atoms with Crippen LogP contribution in [0.3, 0.4) is 0 Å². The molecule has 2 aliphatic rings. The molecule has 0 aromatic heterocycles. The summed E-state index contributed by atoms with van der Waals surface area (Å²) in [5, 5.41) is 12.7. The minimum atomic E-state index is -0.238. The molecule has 2 N–H and O–H groups in total. The first kappa shape index (κ1) is 15.3. The van der Waals surface area contributed by atoms with Gasteiger partial charge in [-0.05, 0) is 25.7 Å². The third-order valence-corrected chi connectivity index (χ3v) is 4.25. The normalized spacial score (nSPS) is 26.2. The van der Waals surface area contributed by atoms with Crippen LogP contribution in [0.4, 0.5) is 4.79 Å². The Morgan fingerprint density at radius 3 is 3.05 bits per heavy atom. The van der Waals surface area contributed by atoms with Crippen LogP contribution in [0.1, 0.15) is 32.1 Å². The second-order valence-corrected chi connectivity index (χ2v) is 5.81. The monoisotopic (exact) mass is 282 g/mol. The Labute approximate surface area is 121 Å². The van der Waals surface area contributed by atoms with Gasteiger partial charge in [0, 0.05) is 26.1 Å². The largest absolute Gasteiger partial charge is 0.393 e. The molecule has 20 heavy (non-hydrogen) atoms. The second-order valence-electron chi connectivity index (χ2n) is 5.81. The average Bonchev–Trinajstić information content (AvgIpc) is 2.85. The lowest BCUT2D eigenvalue weighted by molar-refractivity contribution is 0.114. The van der Waals surface area contributed by atoms with Gasteiger partial charge in [-0.25, -0.2) is 4.79 Å². The van der Waals surface area contributed by atoms with Gasteiger partial charge < -0.3 is 20.1 Å². The van der Waals surface area contributed by atoms with Gasteiger partial charge in [0.05, 0.1) is 19.3 Å². The SMILES string of the molecule is CN(CC1CCCC1O)C(=O)NCCC1=CCOCC1. The van der Waals surface area contributed by atoms with Crippen LogP contribution in [0.15, 0.2) is 11.6 Å². The van der Waals surface area contributed by atoms with E-state index in [2.05, 4.69) is 11.4 Å². The van der Waals surface area contributed by atoms with Crippen molar-refractivity contribution in [2.75, 3.05) is 33.4 Å². The standard InChI is InChI=1S/C15H26N2O3/c1-17(11-13-3-2-4-14(13)18)15(19)16-8-5-12-6-9-20-10-7-12/h6,13-14,18H,2-5,7-11H2,1H3,(H,16,19). The number of nitrogens with one attached hydrogen (secondary N) is 1. The summed E-state index contributed by atoms with van der Waals surface area (Å²) in [6.45, 7) is 2.80. The van der Waals surface area contributed by atoms with Gasteiger partial charge in [-0.15, -0.1) is 0 Å². The van der Waals surface area contributed by atoms with Gasteiger partial charge in [-0.2, -0.15) is 0 Å². The van der Waals surface area contributed by atoms with E-state index in [1.165, 1.54) is 5.57 Å². The molecule has 0 saturated heterocycles. The first-order valence-corrected chi connectivity index (χ1v) is 7.59. The van der Waals surface area contributed by atoms with Gasteiger partial charge >= 0.3 is 6.03 Å². The van der Waals surface area contributed by atoms with Gasteiger partial charge in [-0.1, -0.05) is 18.1 Å². The third kappa shape index (κ3) is 4.49. The Morgan fingerprint density at radius 2 is 2.40 bits per heavy atom. The molecule has 114 valence electrons. The predicted octanol–water partition coefficient (Wildman–Crippen LogP) is 1.53. The Morgan fingerprint density at radius 1 is 1.55 bits per heavy atom. The van der Waals surface area contributed by atoms with E-state index < -0.39 is 0 Å². The van der Waals surface area contributed by atoms with Crippen molar-refractivity contribution in [3.05, 3.63) is 11.6 Å². The van der Waals surface area contributed by atoms with E-state index in [1.807, 2.05) is 0 Å². The van der Waals surface area contributed by atoms with Crippen molar-refractivity contribution in [1.29, 1.82) is 0 Å². The zero-order valence-electron chi connectivity index (χ0n) is 12.3. The number of ether oxygens (including phenoxy) is 1. The number of aliphatic hydroxyl groups is 1. The molecule has 2 rings (SSSR count). The van der Waals surface area contributed by atoms with Crippen LogP contribution in [0.5, 0.6) is 0 Å². The van der Waals surface area contributed by atoms with Crippen molar-refractivity contribution in [3.63, 3.8) is 0 Å². The van der Waals surface area contributed by atoms with Crippen molar-refractivity contribution < 1.29 is 14.6 Å². The molecule has 1 saturated carbocycles. The van der Waals surface area contributed by atoms with Gasteiger partial charge in [0.2, 0.25) is 0 Å². The van der Waals surface area contributed by atoms with Crippen LogP contribution >= 0.6 is 0 Å². The van der Waals surface area contributed by atoms with Crippen LogP contribution in [0.2, 0.25) is 0 Å². The van der Waals surface area contributed by atoms with Gasteiger partial charge in [-0.3, -0.25) is 0 Å². The summed E-state index contributed by atoms with van der Waals surface area (Å²) in [6, 6.07) is -0.0447. The molecule has 0 radical (unpaired) electrons. The Balaban J connectivity index is 1.64. The topological polar surface area (TPSA) is 61.8 Å². The van der Waals surface area contributed by atoms with E-state index >= 15 is 0 Å². The van der Waals surface area contributed by atoms with E-state index in [0.717, 1.165) is 38.7 Å². The van der Waals surface area contributed by atoms with Gasteiger partial charge in [0.1, 0.15) is 0 Å². The fraction of sp³-hybridized carbons (Fsp3) is 0.800. The second kappa shape index (κ2) is 7.64. The number of carbonyl (C=O) groups is 1. The molecule has 5 heteroatoms.